The first-order valence-electron chi connectivity index (χ1n) is 10.3. The van der Waals surface area contributed by atoms with Crippen LogP contribution in [-0.2, 0) is 20.7 Å². The molecule has 1 aromatic carbocycles. The van der Waals surface area contributed by atoms with E-state index in [2.05, 4.69) is 29.2 Å². The van der Waals surface area contributed by atoms with Crippen molar-refractivity contribution in [2.24, 2.45) is 11.8 Å². The summed E-state index contributed by atoms with van der Waals surface area (Å²) in [5.74, 6) is -0.717. The Hall–Kier alpha value is -2.49. The third-order valence-corrected chi connectivity index (χ3v) is 5.67. The van der Waals surface area contributed by atoms with Gasteiger partial charge in [0.15, 0.2) is 5.78 Å². The van der Waals surface area contributed by atoms with Crippen molar-refractivity contribution >= 4 is 11.8 Å². The maximum absolute atomic E-state index is 13.2. The first-order chi connectivity index (χ1) is 13.6. The minimum atomic E-state index is -0.757. The molecule has 1 aliphatic rings. The molecule has 148 valence electrons. The van der Waals surface area contributed by atoms with Crippen molar-refractivity contribution in [3.8, 4) is 0 Å². The van der Waals surface area contributed by atoms with Gasteiger partial charge in [0.1, 0.15) is 5.92 Å². The summed E-state index contributed by atoms with van der Waals surface area (Å²) in [5, 5.41) is 0. The number of pyridine rings is 1. The lowest BCUT2D eigenvalue weighted by Crippen LogP contribution is -2.35. The number of hydrogen-bond acceptors (Lipinski definition) is 4. The van der Waals surface area contributed by atoms with Gasteiger partial charge in [-0.15, -0.1) is 0 Å². The molecule has 0 N–H and O–H groups in total. The van der Waals surface area contributed by atoms with Gasteiger partial charge in [0.05, 0.1) is 6.61 Å². The van der Waals surface area contributed by atoms with E-state index in [0.717, 1.165) is 37.1 Å². The van der Waals surface area contributed by atoms with Crippen molar-refractivity contribution in [3.63, 3.8) is 0 Å². The van der Waals surface area contributed by atoms with Gasteiger partial charge in [-0.1, -0.05) is 36.4 Å². The molecule has 0 bridgehead atoms. The fourth-order valence-electron chi connectivity index (χ4n) is 4.19. The number of rotatable bonds is 7. The second-order valence-electron chi connectivity index (χ2n) is 7.64. The van der Waals surface area contributed by atoms with E-state index >= 15 is 0 Å². The normalized spacial score (nSPS) is 20.4. The quantitative estimate of drug-likeness (QED) is 0.519. The highest BCUT2D eigenvalue weighted by Gasteiger charge is 2.36. The van der Waals surface area contributed by atoms with Gasteiger partial charge in [-0.05, 0) is 63.1 Å². The number of benzene rings is 1. The largest absolute Gasteiger partial charge is 0.465 e. The van der Waals surface area contributed by atoms with E-state index in [9.17, 15) is 9.59 Å². The molecule has 1 heterocycles. The predicted octanol–water partition coefficient (Wildman–Crippen LogP) is 4.65. The molecule has 1 unspecified atom stereocenters. The third kappa shape index (κ3) is 5.06. The van der Waals surface area contributed by atoms with Crippen LogP contribution in [0.15, 0.2) is 48.5 Å². The van der Waals surface area contributed by atoms with Crippen molar-refractivity contribution in [3.05, 3.63) is 65.5 Å². The molecule has 0 amide bonds. The molecule has 4 nitrogen and oxygen atoms in total. The standard InChI is InChI=1S/C24H29NO3/c1-3-28-24(27)22(16-21-11-7-8-17(2)25-21)23(26)20-14-12-19(13-15-20)18-9-5-4-6-10-18/h4-11,19-20,22H,3,12-16H2,1-2H3. The molecular formula is C24H29NO3. The maximum Gasteiger partial charge on any atom is 0.316 e. The van der Waals surface area contributed by atoms with Gasteiger partial charge >= 0.3 is 5.97 Å². The number of Topliss-reactive ketones (excluding diaryl/α,β-unsaturated/α-hetero) is 1. The van der Waals surface area contributed by atoms with E-state index in [4.69, 9.17) is 4.74 Å². The number of aryl methyl sites for hydroxylation is 1. The van der Waals surface area contributed by atoms with Crippen molar-refractivity contribution in [1.29, 1.82) is 0 Å². The van der Waals surface area contributed by atoms with E-state index in [-0.39, 0.29) is 18.3 Å². The Bertz CT molecular complexity index is 795. The summed E-state index contributed by atoms with van der Waals surface area (Å²) in [5.41, 5.74) is 3.00. The number of carbonyl (C=O) groups is 2. The number of ether oxygens (including phenoxy) is 1. The zero-order valence-electron chi connectivity index (χ0n) is 16.8. The van der Waals surface area contributed by atoms with E-state index in [0.29, 0.717) is 12.3 Å². The smallest absolute Gasteiger partial charge is 0.316 e. The van der Waals surface area contributed by atoms with E-state index in [1.54, 1.807) is 6.92 Å². The first kappa shape index (κ1) is 20.2. The molecule has 0 radical (unpaired) electrons. The molecule has 28 heavy (non-hydrogen) atoms. The second kappa shape index (κ2) is 9.63. The molecule has 1 fully saturated rings. The number of nitrogens with zero attached hydrogens (tertiary/aromatic N) is 1. The van der Waals surface area contributed by atoms with E-state index < -0.39 is 11.9 Å². The van der Waals surface area contributed by atoms with Gasteiger partial charge in [0.2, 0.25) is 0 Å². The van der Waals surface area contributed by atoms with Gasteiger partial charge in [-0.2, -0.15) is 0 Å². The molecule has 0 aliphatic heterocycles. The fraction of sp³-hybridized carbons (Fsp3) is 0.458. The zero-order valence-corrected chi connectivity index (χ0v) is 16.8. The van der Waals surface area contributed by atoms with E-state index in [1.165, 1.54) is 5.56 Å². The van der Waals surface area contributed by atoms with Crippen LogP contribution in [-0.4, -0.2) is 23.3 Å². The molecule has 4 heteroatoms. The van der Waals surface area contributed by atoms with Gasteiger partial charge < -0.3 is 4.74 Å². The summed E-state index contributed by atoms with van der Waals surface area (Å²) < 4.78 is 5.22. The number of hydrogen-bond donors (Lipinski definition) is 0. The Balaban J connectivity index is 1.68. The van der Waals surface area contributed by atoms with E-state index in [1.807, 2.05) is 31.2 Å². The van der Waals surface area contributed by atoms with Crippen LogP contribution >= 0.6 is 0 Å². The summed E-state index contributed by atoms with van der Waals surface area (Å²) in [6.07, 6.45) is 3.94. The third-order valence-electron chi connectivity index (χ3n) is 5.67. The number of aromatic nitrogens is 1. The Morgan fingerprint density at radius 2 is 1.75 bits per heavy atom. The van der Waals surface area contributed by atoms with Crippen molar-refractivity contribution in [2.75, 3.05) is 6.61 Å². The highest BCUT2D eigenvalue weighted by molar-refractivity contribution is 6.00. The molecule has 0 spiro atoms. The summed E-state index contributed by atoms with van der Waals surface area (Å²) in [7, 11) is 0. The minimum absolute atomic E-state index is 0.0215. The molecule has 1 aromatic heterocycles. The Kier molecular flexibility index (Phi) is 6.96. The van der Waals surface area contributed by atoms with Crippen LogP contribution in [0, 0.1) is 18.8 Å². The van der Waals surface area contributed by atoms with Crippen LogP contribution in [0.2, 0.25) is 0 Å². The van der Waals surface area contributed by atoms with Crippen LogP contribution in [0.1, 0.15) is 55.5 Å². The summed E-state index contributed by atoms with van der Waals surface area (Å²) in [6, 6.07) is 16.2. The van der Waals surface area contributed by atoms with Gasteiger partial charge in [-0.3, -0.25) is 14.6 Å². The van der Waals surface area contributed by atoms with Crippen molar-refractivity contribution in [2.45, 2.75) is 51.9 Å². The van der Waals surface area contributed by atoms with Crippen LogP contribution in [0.3, 0.4) is 0 Å². The summed E-state index contributed by atoms with van der Waals surface area (Å²) in [6.45, 7) is 3.97. The monoisotopic (exact) mass is 379 g/mol. The average molecular weight is 380 g/mol. The molecule has 3 rings (SSSR count). The lowest BCUT2D eigenvalue weighted by Gasteiger charge is -2.29. The van der Waals surface area contributed by atoms with Gasteiger partial charge in [-0.25, -0.2) is 0 Å². The zero-order chi connectivity index (χ0) is 19.9. The number of esters is 1. The lowest BCUT2D eigenvalue weighted by molar-refractivity contribution is -0.152. The highest BCUT2D eigenvalue weighted by Crippen LogP contribution is 2.37. The molecular weight excluding hydrogens is 350 g/mol. The van der Waals surface area contributed by atoms with Crippen LogP contribution in [0.25, 0.3) is 0 Å². The first-order valence-corrected chi connectivity index (χ1v) is 10.3. The SMILES string of the molecule is CCOC(=O)C(Cc1cccc(C)n1)C(=O)C1CCC(c2ccccc2)CC1. The number of ketones is 1. The summed E-state index contributed by atoms with van der Waals surface area (Å²) >= 11 is 0. The Morgan fingerprint density at radius 3 is 2.39 bits per heavy atom. The number of carbonyl (C=O) groups excluding carboxylic acids is 2. The van der Waals surface area contributed by atoms with Gasteiger partial charge in [0, 0.05) is 23.7 Å². The minimum Gasteiger partial charge on any atom is -0.465 e. The summed E-state index contributed by atoms with van der Waals surface area (Å²) in [4.78, 5) is 30.2. The Morgan fingerprint density at radius 1 is 1.04 bits per heavy atom. The van der Waals surface area contributed by atoms with Gasteiger partial charge in [0.25, 0.3) is 0 Å². The van der Waals surface area contributed by atoms with Crippen molar-refractivity contribution < 1.29 is 14.3 Å². The van der Waals surface area contributed by atoms with Crippen LogP contribution in [0.4, 0.5) is 0 Å². The second-order valence-corrected chi connectivity index (χ2v) is 7.64. The maximum atomic E-state index is 13.2. The highest BCUT2D eigenvalue weighted by atomic mass is 16.5. The van der Waals surface area contributed by atoms with Crippen molar-refractivity contribution in [1.82, 2.24) is 4.98 Å². The topological polar surface area (TPSA) is 56.3 Å². The molecule has 0 saturated heterocycles. The average Bonchev–Trinajstić information content (AvgIpc) is 2.72. The molecule has 1 atom stereocenters. The lowest BCUT2D eigenvalue weighted by atomic mass is 9.74. The predicted molar refractivity (Wildman–Crippen MR) is 109 cm³/mol. The molecule has 2 aromatic rings. The Labute approximate surface area is 167 Å². The fourth-order valence-corrected chi connectivity index (χ4v) is 4.19. The molecule has 1 aliphatic carbocycles. The van der Waals surface area contributed by atoms with Crippen LogP contribution in [0.5, 0.6) is 0 Å². The van der Waals surface area contributed by atoms with Crippen LogP contribution < -0.4 is 0 Å². The molecule has 1 saturated carbocycles.